The average Bonchev–Trinajstić information content (AvgIpc) is 2.91. The van der Waals surface area contributed by atoms with E-state index in [1.54, 1.807) is 36.5 Å². The van der Waals surface area contributed by atoms with Crippen molar-refractivity contribution in [2.75, 3.05) is 13.2 Å². The number of ether oxygens (including phenoxy) is 3. The number of carbonyl (C=O) groups is 2. The second-order valence-corrected chi connectivity index (χ2v) is 8.38. The van der Waals surface area contributed by atoms with Gasteiger partial charge < -0.3 is 19.3 Å². The fourth-order valence-electron chi connectivity index (χ4n) is 3.56. The lowest BCUT2D eigenvalue weighted by atomic mass is 10.1. The summed E-state index contributed by atoms with van der Waals surface area (Å²) in [5.41, 5.74) is 4.48. The second kappa shape index (κ2) is 12.6. The number of carbonyl (C=O) groups excluding carboxylic acids is 1. The Hall–Kier alpha value is -4.63. The van der Waals surface area contributed by atoms with Crippen LogP contribution in [0.5, 0.6) is 17.2 Å². The number of hydrazone groups is 1. The van der Waals surface area contributed by atoms with E-state index in [1.807, 2.05) is 31.2 Å². The van der Waals surface area contributed by atoms with E-state index in [0.29, 0.717) is 40.5 Å². The van der Waals surface area contributed by atoms with E-state index in [-0.39, 0.29) is 23.8 Å². The zero-order chi connectivity index (χ0) is 26.9. The molecule has 1 aromatic heterocycles. The maximum absolute atomic E-state index is 12.2. The summed E-state index contributed by atoms with van der Waals surface area (Å²) in [5.74, 6) is -0.274. The van der Waals surface area contributed by atoms with E-state index < -0.39 is 11.9 Å². The van der Waals surface area contributed by atoms with Crippen molar-refractivity contribution in [3.63, 3.8) is 0 Å². The molecule has 0 aliphatic heterocycles. The van der Waals surface area contributed by atoms with Crippen molar-refractivity contribution in [1.29, 1.82) is 0 Å². The number of para-hydroxylation sites is 1. The number of aromatic nitrogens is 1. The molecular formula is C28H24ClN3O6. The number of hydrogen-bond acceptors (Lipinski definition) is 7. The van der Waals surface area contributed by atoms with Crippen LogP contribution in [-0.4, -0.2) is 41.4 Å². The molecule has 0 unspecified atom stereocenters. The van der Waals surface area contributed by atoms with Crippen LogP contribution in [0, 0.1) is 0 Å². The van der Waals surface area contributed by atoms with Crippen LogP contribution in [0.2, 0.25) is 5.02 Å². The number of aromatic carboxylic acids is 1. The number of carboxylic acid groups (broad SMARTS) is 1. The molecule has 0 fully saturated rings. The van der Waals surface area contributed by atoms with Gasteiger partial charge in [-0.3, -0.25) is 9.78 Å². The van der Waals surface area contributed by atoms with Crippen LogP contribution in [0.15, 0.2) is 78.0 Å². The highest BCUT2D eigenvalue weighted by Crippen LogP contribution is 2.37. The molecular weight excluding hydrogens is 510 g/mol. The zero-order valence-electron chi connectivity index (χ0n) is 20.4. The zero-order valence-corrected chi connectivity index (χ0v) is 21.1. The number of halogens is 1. The first-order valence-electron chi connectivity index (χ1n) is 11.6. The van der Waals surface area contributed by atoms with Crippen molar-refractivity contribution >= 4 is 40.6 Å². The first-order chi connectivity index (χ1) is 18.4. The fourth-order valence-corrected chi connectivity index (χ4v) is 3.84. The molecule has 2 N–H and O–H groups in total. The number of hydrogen-bond donors (Lipinski definition) is 2. The van der Waals surface area contributed by atoms with Crippen molar-refractivity contribution in [2.24, 2.45) is 5.10 Å². The second-order valence-electron chi connectivity index (χ2n) is 7.97. The normalized spacial score (nSPS) is 10.9. The van der Waals surface area contributed by atoms with Crippen molar-refractivity contribution in [2.45, 2.75) is 13.5 Å². The summed E-state index contributed by atoms with van der Waals surface area (Å²) in [5, 5.41) is 14.3. The maximum atomic E-state index is 12.2. The van der Waals surface area contributed by atoms with Crippen LogP contribution >= 0.6 is 11.6 Å². The smallest absolute Gasteiger partial charge is 0.335 e. The van der Waals surface area contributed by atoms with Crippen molar-refractivity contribution < 1.29 is 28.9 Å². The number of pyridine rings is 1. The Morgan fingerprint density at radius 3 is 2.66 bits per heavy atom. The minimum atomic E-state index is -1.02. The molecule has 0 aliphatic carbocycles. The van der Waals surface area contributed by atoms with Gasteiger partial charge in [-0.1, -0.05) is 41.9 Å². The molecule has 4 rings (SSSR count). The van der Waals surface area contributed by atoms with Crippen LogP contribution in [0.25, 0.3) is 10.9 Å². The summed E-state index contributed by atoms with van der Waals surface area (Å²) < 4.78 is 17.2. The highest BCUT2D eigenvalue weighted by atomic mass is 35.5. The number of nitrogens with one attached hydrogen (secondary N) is 1. The molecule has 0 radical (unpaired) electrons. The van der Waals surface area contributed by atoms with Gasteiger partial charge in [-0.05, 0) is 54.4 Å². The molecule has 0 saturated heterocycles. The van der Waals surface area contributed by atoms with Crippen LogP contribution in [-0.2, 0) is 11.4 Å². The number of amides is 1. The quantitative estimate of drug-likeness (QED) is 0.203. The maximum Gasteiger partial charge on any atom is 0.335 e. The molecule has 0 atom stereocenters. The summed E-state index contributed by atoms with van der Waals surface area (Å²) >= 11 is 6.45. The SMILES string of the molecule is CCOc1cc(/C=N/NC(=O)COc2cccc3cccnc23)cc(Cl)c1OCc1cccc(C(=O)O)c1. The van der Waals surface area contributed by atoms with E-state index in [9.17, 15) is 14.7 Å². The van der Waals surface area contributed by atoms with Gasteiger partial charge in [-0.2, -0.15) is 5.10 Å². The molecule has 4 aromatic rings. The van der Waals surface area contributed by atoms with Gasteiger partial charge >= 0.3 is 5.97 Å². The molecule has 0 spiro atoms. The van der Waals surface area contributed by atoms with E-state index in [1.165, 1.54) is 18.3 Å². The van der Waals surface area contributed by atoms with E-state index >= 15 is 0 Å². The van der Waals surface area contributed by atoms with Crippen LogP contribution in [0.3, 0.4) is 0 Å². The van der Waals surface area contributed by atoms with Gasteiger partial charge in [0.05, 0.1) is 23.4 Å². The molecule has 10 heteroatoms. The molecule has 0 saturated carbocycles. The highest BCUT2D eigenvalue weighted by molar-refractivity contribution is 6.32. The number of benzene rings is 3. The predicted octanol–water partition coefficient (Wildman–Crippen LogP) is 5.09. The molecule has 3 aromatic carbocycles. The van der Waals surface area contributed by atoms with Crippen molar-refractivity contribution in [3.05, 3.63) is 94.6 Å². The van der Waals surface area contributed by atoms with Gasteiger partial charge in [0, 0.05) is 11.6 Å². The lowest BCUT2D eigenvalue weighted by Crippen LogP contribution is -2.24. The molecule has 9 nitrogen and oxygen atoms in total. The molecule has 0 bridgehead atoms. The van der Waals surface area contributed by atoms with Gasteiger partial charge in [0.1, 0.15) is 17.9 Å². The van der Waals surface area contributed by atoms with Crippen LogP contribution in [0.4, 0.5) is 0 Å². The summed E-state index contributed by atoms with van der Waals surface area (Å²) in [6.07, 6.45) is 3.08. The summed E-state index contributed by atoms with van der Waals surface area (Å²) in [6, 6.07) is 18.9. The molecule has 1 heterocycles. The van der Waals surface area contributed by atoms with Crippen LogP contribution in [0.1, 0.15) is 28.4 Å². The van der Waals surface area contributed by atoms with Gasteiger partial charge in [0.25, 0.3) is 5.91 Å². The Bertz CT molecular complexity index is 1490. The Balaban J connectivity index is 1.38. The Kier molecular flexibility index (Phi) is 8.73. The Morgan fingerprint density at radius 1 is 1.03 bits per heavy atom. The van der Waals surface area contributed by atoms with Crippen molar-refractivity contribution in [3.8, 4) is 17.2 Å². The van der Waals surface area contributed by atoms with Crippen LogP contribution < -0.4 is 19.6 Å². The minimum absolute atomic E-state index is 0.0939. The Morgan fingerprint density at radius 2 is 1.84 bits per heavy atom. The first kappa shape index (κ1) is 26.4. The predicted molar refractivity (Wildman–Crippen MR) is 143 cm³/mol. The van der Waals surface area contributed by atoms with Crippen molar-refractivity contribution in [1.82, 2.24) is 10.4 Å². The third kappa shape index (κ3) is 6.77. The molecule has 1 amide bonds. The number of nitrogens with zero attached hydrogens (tertiary/aromatic N) is 2. The third-order valence-electron chi connectivity index (χ3n) is 5.25. The van der Waals surface area contributed by atoms with Gasteiger partial charge in [-0.25, -0.2) is 10.2 Å². The van der Waals surface area contributed by atoms with E-state index in [4.69, 9.17) is 25.8 Å². The lowest BCUT2D eigenvalue weighted by molar-refractivity contribution is -0.123. The summed E-state index contributed by atoms with van der Waals surface area (Å²) in [6.45, 7) is 2.03. The van der Waals surface area contributed by atoms with Gasteiger partial charge in [-0.15, -0.1) is 0 Å². The third-order valence-corrected chi connectivity index (χ3v) is 5.53. The summed E-state index contributed by atoms with van der Waals surface area (Å²) in [7, 11) is 0. The van der Waals surface area contributed by atoms with Gasteiger partial charge in [0.15, 0.2) is 18.1 Å². The van der Waals surface area contributed by atoms with Gasteiger partial charge in [0.2, 0.25) is 0 Å². The molecule has 0 aliphatic rings. The number of carboxylic acids is 1. The van der Waals surface area contributed by atoms with E-state index in [0.717, 1.165) is 5.39 Å². The molecule has 38 heavy (non-hydrogen) atoms. The largest absolute Gasteiger partial charge is 0.490 e. The lowest BCUT2D eigenvalue weighted by Gasteiger charge is -2.14. The fraction of sp³-hybridized carbons (Fsp3) is 0.143. The topological polar surface area (TPSA) is 119 Å². The minimum Gasteiger partial charge on any atom is -0.490 e. The van der Waals surface area contributed by atoms with E-state index in [2.05, 4.69) is 15.5 Å². The average molecular weight is 534 g/mol. The number of fused-ring (bicyclic) bond motifs is 1. The first-order valence-corrected chi connectivity index (χ1v) is 12.0. The number of rotatable bonds is 11. The standard InChI is InChI=1S/C28H24ClN3O6/c1-2-36-24-14-19(13-22(29)27(24)38-16-18-6-3-8-21(12-18)28(34)35)15-31-32-25(33)17-37-23-10-4-7-20-9-5-11-30-26(20)23/h3-15H,2,16-17H2,1H3,(H,32,33)(H,34,35)/b31-15+. The molecule has 194 valence electrons. The monoisotopic (exact) mass is 533 g/mol. The Labute approximate surface area is 223 Å². The highest BCUT2D eigenvalue weighted by Gasteiger charge is 2.13. The summed E-state index contributed by atoms with van der Waals surface area (Å²) in [4.78, 5) is 27.7.